The van der Waals surface area contributed by atoms with Gasteiger partial charge in [0.1, 0.15) is 11.4 Å². The third kappa shape index (κ3) is 4.57. The van der Waals surface area contributed by atoms with E-state index in [1.54, 1.807) is 21.6 Å². The average Bonchev–Trinajstić information content (AvgIpc) is 3.38. The Morgan fingerprint density at radius 2 is 1.73 bits per heavy atom. The number of rotatable bonds is 7. The fraction of sp³-hybridized carbons (Fsp3) is 0.174. The van der Waals surface area contributed by atoms with Crippen LogP contribution < -0.4 is 10.1 Å². The molecule has 0 fully saturated rings. The zero-order valence-electron chi connectivity index (χ0n) is 16.9. The highest BCUT2D eigenvalue weighted by molar-refractivity contribution is 5.92. The molecule has 2 heterocycles. The first-order valence-electron chi connectivity index (χ1n) is 9.68. The van der Waals surface area contributed by atoms with Gasteiger partial charge >= 0.3 is 0 Å². The Kier molecular flexibility index (Phi) is 5.61. The maximum atomic E-state index is 12.3. The van der Waals surface area contributed by atoms with E-state index in [-0.39, 0.29) is 12.6 Å². The van der Waals surface area contributed by atoms with Crippen molar-refractivity contribution in [3.63, 3.8) is 0 Å². The normalized spacial score (nSPS) is 10.7. The fourth-order valence-electron chi connectivity index (χ4n) is 3.05. The number of nitrogens with one attached hydrogen (secondary N) is 1. The van der Waals surface area contributed by atoms with Crippen molar-refractivity contribution in [2.45, 2.75) is 20.2 Å². The smallest absolute Gasteiger partial charge is 0.272 e. The average molecular weight is 401 g/mol. The summed E-state index contributed by atoms with van der Waals surface area (Å²) in [6.45, 7) is 2.55. The van der Waals surface area contributed by atoms with Crippen LogP contribution in [0.1, 0.15) is 21.9 Å². The number of amides is 1. The second-order valence-corrected chi connectivity index (χ2v) is 6.99. The highest BCUT2D eigenvalue weighted by Crippen LogP contribution is 2.22. The van der Waals surface area contributed by atoms with Crippen LogP contribution in [0.4, 0.5) is 0 Å². The fourth-order valence-corrected chi connectivity index (χ4v) is 3.05. The number of ether oxygens (including phenoxy) is 1. The molecule has 152 valence electrons. The molecule has 0 aliphatic carbocycles. The van der Waals surface area contributed by atoms with Crippen LogP contribution in [0.15, 0.2) is 72.9 Å². The third-order valence-corrected chi connectivity index (χ3v) is 4.79. The summed E-state index contributed by atoms with van der Waals surface area (Å²) in [5.41, 5.74) is 4.48. The highest BCUT2D eigenvalue weighted by atomic mass is 16.5. The predicted octanol–water partition coefficient (Wildman–Crippen LogP) is 3.56. The first-order chi connectivity index (χ1) is 14.6. The largest absolute Gasteiger partial charge is 0.471 e. The minimum Gasteiger partial charge on any atom is -0.471 e. The quantitative estimate of drug-likeness (QED) is 0.514. The van der Waals surface area contributed by atoms with Gasteiger partial charge in [0.2, 0.25) is 0 Å². The molecule has 2 aromatic heterocycles. The molecule has 1 N–H and O–H groups in total. The number of hydrogen-bond acceptors (Lipinski definition) is 4. The van der Waals surface area contributed by atoms with Crippen molar-refractivity contribution in [3.8, 4) is 16.9 Å². The van der Waals surface area contributed by atoms with Gasteiger partial charge in [0.15, 0.2) is 6.73 Å². The molecule has 4 rings (SSSR count). The number of nitrogens with zero attached hydrogens (tertiary/aromatic N) is 4. The molecular weight excluding hydrogens is 378 g/mol. The summed E-state index contributed by atoms with van der Waals surface area (Å²) in [6, 6.07) is 21.7. The van der Waals surface area contributed by atoms with Crippen molar-refractivity contribution in [3.05, 3.63) is 90.0 Å². The van der Waals surface area contributed by atoms with E-state index >= 15 is 0 Å². The molecule has 0 aliphatic heterocycles. The summed E-state index contributed by atoms with van der Waals surface area (Å²) in [5.74, 6) is 0.492. The molecule has 0 spiro atoms. The molecule has 0 radical (unpaired) electrons. The summed E-state index contributed by atoms with van der Waals surface area (Å²) in [5, 5.41) is 11.4. The molecule has 1 amide bonds. The molecular formula is C23H23N5O2. The lowest BCUT2D eigenvalue weighted by atomic mass is 10.1. The maximum Gasteiger partial charge on any atom is 0.272 e. The van der Waals surface area contributed by atoms with Crippen molar-refractivity contribution in [2.75, 3.05) is 0 Å². The topological polar surface area (TPSA) is 74.0 Å². The third-order valence-electron chi connectivity index (χ3n) is 4.79. The van der Waals surface area contributed by atoms with Crippen LogP contribution in [0.5, 0.6) is 5.75 Å². The molecule has 0 aliphatic rings. The van der Waals surface area contributed by atoms with Gasteiger partial charge in [-0.3, -0.25) is 9.48 Å². The standard InChI is InChI=1S/C23H23N5O2/c1-17-14-20(25-27(17)2)15-24-23(29)22-12-13-28(26-22)16-30-21-10-8-19(9-11-21)18-6-4-3-5-7-18/h3-14H,15-16H2,1-2H3,(H,24,29). The number of carbonyl (C=O) groups is 1. The molecule has 0 saturated heterocycles. The summed E-state index contributed by atoms with van der Waals surface area (Å²) < 4.78 is 9.14. The number of aromatic nitrogens is 4. The maximum absolute atomic E-state index is 12.3. The zero-order valence-corrected chi connectivity index (χ0v) is 16.9. The van der Waals surface area contributed by atoms with Crippen LogP contribution in [0.25, 0.3) is 11.1 Å². The van der Waals surface area contributed by atoms with E-state index in [0.717, 1.165) is 28.3 Å². The molecule has 0 atom stereocenters. The Bertz CT molecular complexity index is 1110. The molecule has 4 aromatic rings. The predicted molar refractivity (Wildman–Crippen MR) is 114 cm³/mol. The van der Waals surface area contributed by atoms with Gasteiger partial charge in [-0.05, 0) is 42.3 Å². The number of hydrogen-bond donors (Lipinski definition) is 1. The van der Waals surface area contributed by atoms with Crippen molar-refractivity contribution in [1.82, 2.24) is 24.9 Å². The van der Waals surface area contributed by atoms with Crippen molar-refractivity contribution in [1.29, 1.82) is 0 Å². The minimum absolute atomic E-state index is 0.220. The van der Waals surface area contributed by atoms with Gasteiger partial charge in [-0.2, -0.15) is 10.2 Å². The van der Waals surface area contributed by atoms with Crippen molar-refractivity contribution < 1.29 is 9.53 Å². The second-order valence-electron chi connectivity index (χ2n) is 6.99. The summed E-state index contributed by atoms with van der Waals surface area (Å²) in [7, 11) is 1.87. The lowest BCUT2D eigenvalue weighted by Gasteiger charge is -2.07. The molecule has 7 heteroatoms. The molecule has 0 unspecified atom stereocenters. The Morgan fingerprint density at radius 3 is 2.43 bits per heavy atom. The summed E-state index contributed by atoms with van der Waals surface area (Å²) in [6.07, 6.45) is 1.72. The van der Waals surface area contributed by atoms with Crippen LogP contribution >= 0.6 is 0 Å². The van der Waals surface area contributed by atoms with E-state index in [0.29, 0.717) is 12.2 Å². The number of aryl methyl sites for hydroxylation is 2. The minimum atomic E-state index is -0.246. The van der Waals surface area contributed by atoms with E-state index < -0.39 is 0 Å². The van der Waals surface area contributed by atoms with Crippen molar-refractivity contribution >= 4 is 5.91 Å². The Labute approximate surface area is 174 Å². The van der Waals surface area contributed by atoms with Gasteiger partial charge in [-0.25, -0.2) is 4.68 Å². The number of benzene rings is 2. The van der Waals surface area contributed by atoms with E-state index in [1.807, 2.05) is 62.5 Å². The first-order valence-corrected chi connectivity index (χ1v) is 9.68. The molecule has 7 nitrogen and oxygen atoms in total. The van der Waals surface area contributed by atoms with Gasteiger partial charge in [-0.15, -0.1) is 0 Å². The van der Waals surface area contributed by atoms with Crippen LogP contribution in [0.3, 0.4) is 0 Å². The van der Waals surface area contributed by atoms with E-state index in [1.165, 1.54) is 0 Å². The molecule has 2 aromatic carbocycles. The summed E-state index contributed by atoms with van der Waals surface area (Å²) >= 11 is 0. The lowest BCUT2D eigenvalue weighted by Crippen LogP contribution is -2.24. The zero-order chi connectivity index (χ0) is 20.9. The molecule has 0 saturated carbocycles. The van der Waals surface area contributed by atoms with Gasteiger partial charge in [-0.1, -0.05) is 42.5 Å². The summed E-state index contributed by atoms with van der Waals surface area (Å²) in [4.78, 5) is 12.3. The van der Waals surface area contributed by atoms with Crippen LogP contribution in [0, 0.1) is 6.92 Å². The molecule has 30 heavy (non-hydrogen) atoms. The number of carbonyl (C=O) groups excluding carboxylic acids is 1. The van der Waals surface area contributed by atoms with Gasteiger partial charge in [0.05, 0.1) is 12.2 Å². The molecule has 0 bridgehead atoms. The van der Waals surface area contributed by atoms with Gasteiger partial charge in [0.25, 0.3) is 5.91 Å². The SMILES string of the molecule is Cc1cc(CNC(=O)c2ccn(COc3ccc(-c4ccccc4)cc3)n2)nn1C. The van der Waals surface area contributed by atoms with Gasteiger partial charge < -0.3 is 10.1 Å². The lowest BCUT2D eigenvalue weighted by molar-refractivity contribution is 0.0943. The van der Waals surface area contributed by atoms with E-state index in [9.17, 15) is 4.79 Å². The van der Waals surface area contributed by atoms with E-state index in [4.69, 9.17) is 4.74 Å². The van der Waals surface area contributed by atoms with Crippen LogP contribution in [-0.2, 0) is 20.3 Å². The monoisotopic (exact) mass is 401 g/mol. The highest BCUT2D eigenvalue weighted by Gasteiger charge is 2.11. The van der Waals surface area contributed by atoms with Crippen LogP contribution in [-0.4, -0.2) is 25.5 Å². The first kappa shape index (κ1) is 19.4. The van der Waals surface area contributed by atoms with Crippen LogP contribution in [0.2, 0.25) is 0 Å². The Morgan fingerprint density at radius 1 is 1.00 bits per heavy atom. The van der Waals surface area contributed by atoms with Crippen molar-refractivity contribution in [2.24, 2.45) is 7.05 Å². The van der Waals surface area contributed by atoms with E-state index in [2.05, 4.69) is 27.6 Å². The second kappa shape index (κ2) is 8.65. The Balaban J connectivity index is 1.30. The Hall–Kier alpha value is -3.87. The van der Waals surface area contributed by atoms with Gasteiger partial charge in [0, 0.05) is 18.9 Å².